The molecule has 0 spiro atoms. The Kier molecular flexibility index (Phi) is 28.3. The zero-order chi connectivity index (χ0) is 23.8. The highest BCUT2D eigenvalue weighted by molar-refractivity contribution is 5.87. The highest BCUT2D eigenvalue weighted by Crippen LogP contribution is 2.19. The first kappa shape index (κ1) is 33.2. The third kappa shape index (κ3) is 17.4. The number of piperidine rings is 1. The standard InChI is InChI=1S/C14H25N3O.C5H10O.2C2H6.C2H4/c1-3-14(18)17-6-4-13(5-7-17)12-16-10-8-15(2)9-11-16;1-3-5-6-4-2;3*1-2/h3,13H,1,4-12H2,2H3;3H,1,4-5H2,2H3;2*1-2H3;1-2H2. The van der Waals surface area contributed by atoms with Gasteiger partial charge in [0.15, 0.2) is 0 Å². The van der Waals surface area contributed by atoms with Crippen molar-refractivity contribution < 1.29 is 9.53 Å². The molecule has 5 nitrogen and oxygen atoms in total. The van der Waals surface area contributed by atoms with E-state index in [0.29, 0.717) is 6.61 Å². The second kappa shape index (κ2) is 25.6. The zero-order valence-electron chi connectivity index (χ0n) is 21.0. The molecule has 0 atom stereocenters. The lowest BCUT2D eigenvalue weighted by Gasteiger charge is -2.37. The molecule has 2 aliphatic heterocycles. The van der Waals surface area contributed by atoms with E-state index in [2.05, 4.69) is 43.2 Å². The van der Waals surface area contributed by atoms with E-state index in [0.717, 1.165) is 38.5 Å². The lowest BCUT2D eigenvalue weighted by atomic mass is 9.96. The van der Waals surface area contributed by atoms with Crippen LogP contribution in [0.1, 0.15) is 47.5 Å². The van der Waals surface area contributed by atoms with Gasteiger partial charge < -0.3 is 19.4 Å². The van der Waals surface area contributed by atoms with Crippen LogP contribution in [-0.2, 0) is 9.53 Å². The fourth-order valence-corrected chi connectivity index (χ4v) is 3.06. The minimum atomic E-state index is 0.0908. The number of nitrogens with zero attached hydrogens (tertiary/aromatic N) is 3. The average Bonchev–Trinajstić information content (AvgIpc) is 2.83. The lowest BCUT2D eigenvalue weighted by molar-refractivity contribution is -0.127. The van der Waals surface area contributed by atoms with Crippen LogP contribution in [0.15, 0.2) is 38.5 Å². The fraction of sp³-hybridized carbons (Fsp3) is 0.720. The second-order valence-corrected chi connectivity index (χ2v) is 6.52. The van der Waals surface area contributed by atoms with Gasteiger partial charge in [-0.2, -0.15) is 0 Å². The molecule has 2 fully saturated rings. The number of carbonyl (C=O) groups excluding carboxylic acids is 1. The minimum Gasteiger partial charge on any atom is -0.378 e. The number of likely N-dealkylation sites (tertiary alicyclic amines) is 1. The third-order valence-electron chi connectivity index (χ3n) is 4.65. The molecule has 0 radical (unpaired) electrons. The quantitative estimate of drug-likeness (QED) is 0.350. The van der Waals surface area contributed by atoms with Crippen LogP contribution in [0.2, 0.25) is 0 Å². The Morgan fingerprint density at radius 3 is 1.83 bits per heavy atom. The molecule has 2 heterocycles. The van der Waals surface area contributed by atoms with Gasteiger partial charge in [-0.25, -0.2) is 0 Å². The van der Waals surface area contributed by atoms with Crippen LogP contribution in [-0.4, -0.2) is 86.7 Å². The van der Waals surface area contributed by atoms with Crippen molar-refractivity contribution in [2.45, 2.75) is 47.5 Å². The second-order valence-electron chi connectivity index (χ2n) is 6.52. The molecule has 0 saturated carbocycles. The lowest BCUT2D eigenvalue weighted by Crippen LogP contribution is -2.47. The van der Waals surface area contributed by atoms with E-state index in [1.807, 2.05) is 39.5 Å². The Bertz CT molecular complexity index is 386. The molecule has 1 amide bonds. The van der Waals surface area contributed by atoms with Gasteiger partial charge in [-0.1, -0.05) is 40.3 Å². The van der Waals surface area contributed by atoms with Crippen LogP contribution in [0.5, 0.6) is 0 Å². The summed E-state index contributed by atoms with van der Waals surface area (Å²) in [6.07, 6.45) is 5.46. The first-order valence-electron chi connectivity index (χ1n) is 11.6. The summed E-state index contributed by atoms with van der Waals surface area (Å²) in [5, 5.41) is 0. The summed E-state index contributed by atoms with van der Waals surface area (Å²) in [6, 6.07) is 0. The molecule has 30 heavy (non-hydrogen) atoms. The van der Waals surface area contributed by atoms with Crippen molar-refractivity contribution in [3.8, 4) is 0 Å². The maximum absolute atomic E-state index is 11.5. The Morgan fingerprint density at radius 2 is 1.47 bits per heavy atom. The summed E-state index contributed by atoms with van der Waals surface area (Å²) in [6.45, 7) is 32.2. The highest BCUT2D eigenvalue weighted by Gasteiger charge is 2.24. The molecule has 178 valence electrons. The zero-order valence-corrected chi connectivity index (χ0v) is 21.0. The molecule has 0 N–H and O–H groups in total. The SMILES string of the molecule is C=C.C=CC(=O)N1CCC(CN2CCN(C)CC2)CC1.C=CCOCC.CC.CC. The molecular formula is C25H51N3O2. The van der Waals surface area contributed by atoms with Crippen LogP contribution in [0.25, 0.3) is 0 Å². The summed E-state index contributed by atoms with van der Waals surface area (Å²) in [4.78, 5) is 18.4. The van der Waals surface area contributed by atoms with Crippen LogP contribution in [0.3, 0.4) is 0 Å². The molecule has 0 aromatic heterocycles. The molecule has 5 heteroatoms. The van der Waals surface area contributed by atoms with Gasteiger partial charge in [-0.15, -0.1) is 19.7 Å². The van der Waals surface area contributed by atoms with E-state index in [4.69, 9.17) is 4.74 Å². The number of rotatable bonds is 6. The van der Waals surface area contributed by atoms with Crippen molar-refractivity contribution in [3.63, 3.8) is 0 Å². The number of hydrogen-bond donors (Lipinski definition) is 0. The Labute approximate surface area is 188 Å². The molecule has 0 unspecified atom stereocenters. The van der Waals surface area contributed by atoms with Crippen molar-refractivity contribution >= 4 is 5.91 Å². The van der Waals surface area contributed by atoms with E-state index >= 15 is 0 Å². The van der Waals surface area contributed by atoms with Gasteiger partial charge in [0, 0.05) is 52.4 Å². The molecule has 0 aromatic rings. The first-order valence-corrected chi connectivity index (χ1v) is 11.6. The van der Waals surface area contributed by atoms with Crippen molar-refractivity contribution in [1.29, 1.82) is 0 Å². The number of carbonyl (C=O) groups is 1. The Morgan fingerprint density at radius 1 is 0.967 bits per heavy atom. The van der Waals surface area contributed by atoms with Crippen molar-refractivity contribution in [2.24, 2.45) is 5.92 Å². The number of piperazine rings is 1. The van der Waals surface area contributed by atoms with Gasteiger partial charge >= 0.3 is 0 Å². The van der Waals surface area contributed by atoms with E-state index in [-0.39, 0.29) is 5.91 Å². The summed E-state index contributed by atoms with van der Waals surface area (Å²) >= 11 is 0. The van der Waals surface area contributed by atoms with Crippen molar-refractivity contribution in [1.82, 2.24) is 14.7 Å². The van der Waals surface area contributed by atoms with Crippen LogP contribution < -0.4 is 0 Å². The van der Waals surface area contributed by atoms with E-state index in [9.17, 15) is 4.79 Å². The molecule has 2 saturated heterocycles. The average molecular weight is 426 g/mol. The van der Waals surface area contributed by atoms with Gasteiger partial charge in [-0.3, -0.25) is 4.79 Å². The van der Waals surface area contributed by atoms with Gasteiger partial charge in [0.25, 0.3) is 0 Å². The highest BCUT2D eigenvalue weighted by atomic mass is 16.5. The third-order valence-corrected chi connectivity index (χ3v) is 4.65. The Hall–Kier alpha value is -1.43. The van der Waals surface area contributed by atoms with E-state index in [1.54, 1.807) is 6.08 Å². The van der Waals surface area contributed by atoms with Crippen LogP contribution in [0.4, 0.5) is 0 Å². The molecular weight excluding hydrogens is 374 g/mol. The normalized spacial score (nSPS) is 16.7. The van der Waals surface area contributed by atoms with E-state index < -0.39 is 0 Å². The van der Waals surface area contributed by atoms with Gasteiger partial charge in [0.05, 0.1) is 6.61 Å². The fourth-order valence-electron chi connectivity index (χ4n) is 3.06. The van der Waals surface area contributed by atoms with Gasteiger partial charge in [0.1, 0.15) is 0 Å². The first-order chi connectivity index (χ1) is 14.6. The Balaban J connectivity index is -0.000000513. The molecule has 0 bridgehead atoms. The number of likely N-dealkylation sites (N-methyl/N-ethyl adjacent to an activating group) is 1. The predicted molar refractivity (Wildman–Crippen MR) is 134 cm³/mol. The molecule has 0 aromatic carbocycles. The number of amides is 1. The smallest absolute Gasteiger partial charge is 0.245 e. The van der Waals surface area contributed by atoms with Gasteiger partial charge in [0.2, 0.25) is 5.91 Å². The maximum Gasteiger partial charge on any atom is 0.245 e. The minimum absolute atomic E-state index is 0.0908. The predicted octanol–water partition coefficient (Wildman–Crippen LogP) is 4.72. The van der Waals surface area contributed by atoms with Crippen LogP contribution >= 0.6 is 0 Å². The summed E-state index contributed by atoms with van der Waals surface area (Å²) in [5.74, 6) is 0.857. The summed E-state index contributed by atoms with van der Waals surface area (Å²) < 4.78 is 4.86. The molecule has 0 aliphatic carbocycles. The number of hydrogen-bond acceptors (Lipinski definition) is 4. The monoisotopic (exact) mass is 425 g/mol. The van der Waals surface area contributed by atoms with Crippen molar-refractivity contribution in [2.75, 3.05) is 66.1 Å². The van der Waals surface area contributed by atoms with E-state index in [1.165, 1.54) is 38.8 Å². The van der Waals surface area contributed by atoms with Gasteiger partial charge in [-0.05, 0) is 38.8 Å². The largest absolute Gasteiger partial charge is 0.378 e. The summed E-state index contributed by atoms with van der Waals surface area (Å²) in [5.41, 5.74) is 0. The van der Waals surface area contributed by atoms with Crippen LogP contribution in [0, 0.1) is 5.92 Å². The number of ether oxygens (including phenoxy) is 1. The topological polar surface area (TPSA) is 36.0 Å². The summed E-state index contributed by atoms with van der Waals surface area (Å²) in [7, 11) is 2.19. The molecule has 2 rings (SSSR count). The maximum atomic E-state index is 11.5. The molecule has 2 aliphatic rings. The van der Waals surface area contributed by atoms with Crippen molar-refractivity contribution in [3.05, 3.63) is 38.5 Å².